The van der Waals surface area contributed by atoms with E-state index in [4.69, 9.17) is 0 Å². The van der Waals surface area contributed by atoms with E-state index in [2.05, 4.69) is 27.5 Å². The van der Waals surface area contributed by atoms with Gasteiger partial charge < -0.3 is 15.5 Å². The number of fused-ring (bicyclic) bond motifs is 1. The van der Waals surface area contributed by atoms with Crippen LogP contribution in [-0.4, -0.2) is 38.4 Å². The van der Waals surface area contributed by atoms with Gasteiger partial charge in [-0.25, -0.2) is 9.40 Å². The van der Waals surface area contributed by atoms with Gasteiger partial charge in [-0.3, -0.25) is 9.78 Å². The Morgan fingerprint density at radius 3 is 2.87 bits per heavy atom. The number of pyridine rings is 1. The lowest BCUT2D eigenvalue weighted by atomic mass is 9.95. The summed E-state index contributed by atoms with van der Waals surface area (Å²) in [5.41, 5.74) is 5.42. The van der Waals surface area contributed by atoms with Gasteiger partial charge in [0.15, 0.2) is 0 Å². The molecule has 2 aliphatic heterocycles. The number of halogens is 1. The second-order valence-electron chi connectivity index (χ2n) is 9.36. The van der Waals surface area contributed by atoms with E-state index in [0.717, 1.165) is 30.0 Å². The topological polar surface area (TPSA) is 98.1 Å². The molecule has 2 aromatic heterocycles. The summed E-state index contributed by atoms with van der Waals surface area (Å²) in [6.45, 7) is 1.54. The normalized spacial score (nSPS) is 16.8. The maximum Gasteiger partial charge on any atom is 0.284 e. The number of phenols is 1. The molecule has 0 saturated heterocycles. The highest BCUT2D eigenvalue weighted by atomic mass is 32.1. The summed E-state index contributed by atoms with van der Waals surface area (Å²) in [4.78, 5) is 19.4. The molecule has 0 bridgehead atoms. The fourth-order valence-electron chi connectivity index (χ4n) is 5.14. The minimum absolute atomic E-state index is 0.0193. The fourth-order valence-corrected chi connectivity index (χ4v) is 6.13. The van der Waals surface area contributed by atoms with Crippen molar-refractivity contribution in [3.05, 3.63) is 106 Å². The molecule has 0 aliphatic carbocycles. The van der Waals surface area contributed by atoms with Gasteiger partial charge in [0.25, 0.3) is 5.91 Å². The van der Waals surface area contributed by atoms with Gasteiger partial charge in [0.2, 0.25) is 0 Å². The lowest BCUT2D eigenvalue weighted by Gasteiger charge is -2.22. The zero-order valence-electron chi connectivity index (χ0n) is 20.4. The number of benzene rings is 2. The van der Waals surface area contributed by atoms with Crippen molar-refractivity contribution in [1.29, 1.82) is 0 Å². The summed E-state index contributed by atoms with van der Waals surface area (Å²) in [5.74, 6) is -1.22. The SMILES string of the molecule is O=C(c1ccc(-c2cccc3c2CNCC3)s1)N1N=C(c2cncc(CO)c2)CC1c1c(O)cccc1F. The molecule has 9 heteroatoms. The molecule has 1 unspecified atom stereocenters. The Kier molecular flexibility index (Phi) is 6.49. The van der Waals surface area contributed by atoms with Crippen molar-refractivity contribution in [1.82, 2.24) is 15.3 Å². The number of hydrazone groups is 1. The van der Waals surface area contributed by atoms with Crippen molar-refractivity contribution >= 4 is 23.0 Å². The lowest BCUT2D eigenvalue weighted by molar-refractivity contribution is 0.0712. The third kappa shape index (κ3) is 4.38. The molecule has 7 nitrogen and oxygen atoms in total. The van der Waals surface area contributed by atoms with Gasteiger partial charge in [-0.2, -0.15) is 5.10 Å². The largest absolute Gasteiger partial charge is 0.507 e. The zero-order chi connectivity index (χ0) is 26.2. The molecule has 0 spiro atoms. The summed E-state index contributed by atoms with van der Waals surface area (Å²) in [5, 5.41) is 29.4. The maximum atomic E-state index is 15.0. The first-order valence-electron chi connectivity index (χ1n) is 12.4. The predicted octanol–water partition coefficient (Wildman–Crippen LogP) is 4.78. The summed E-state index contributed by atoms with van der Waals surface area (Å²) in [7, 11) is 0. The van der Waals surface area contributed by atoms with Crippen LogP contribution in [0.15, 0.2) is 72.1 Å². The average Bonchev–Trinajstić information content (AvgIpc) is 3.61. The van der Waals surface area contributed by atoms with Crippen molar-refractivity contribution < 1.29 is 19.4 Å². The van der Waals surface area contributed by atoms with Crippen molar-refractivity contribution in [2.75, 3.05) is 6.54 Å². The highest BCUT2D eigenvalue weighted by molar-refractivity contribution is 7.17. The summed E-state index contributed by atoms with van der Waals surface area (Å²) >= 11 is 1.37. The molecule has 2 aliphatic rings. The van der Waals surface area contributed by atoms with E-state index in [0.29, 0.717) is 21.7 Å². The third-order valence-corrected chi connectivity index (χ3v) is 8.13. The number of thiophene rings is 1. The van der Waals surface area contributed by atoms with Crippen LogP contribution in [0.2, 0.25) is 0 Å². The van der Waals surface area contributed by atoms with Crippen LogP contribution in [0, 0.1) is 5.82 Å². The van der Waals surface area contributed by atoms with Crippen LogP contribution in [0.5, 0.6) is 5.75 Å². The smallest absolute Gasteiger partial charge is 0.284 e. The molecule has 3 N–H and O–H groups in total. The van der Waals surface area contributed by atoms with E-state index in [1.165, 1.54) is 45.7 Å². The number of nitrogens with one attached hydrogen (secondary N) is 1. The van der Waals surface area contributed by atoms with Crippen molar-refractivity contribution in [3.63, 3.8) is 0 Å². The zero-order valence-corrected chi connectivity index (χ0v) is 21.2. The summed E-state index contributed by atoms with van der Waals surface area (Å²) in [6, 6.07) is 15.0. The number of aromatic nitrogens is 1. The molecule has 4 heterocycles. The van der Waals surface area contributed by atoms with Crippen LogP contribution >= 0.6 is 11.3 Å². The highest BCUT2D eigenvalue weighted by Gasteiger charge is 2.37. The van der Waals surface area contributed by atoms with Gasteiger partial charge >= 0.3 is 0 Å². The number of nitrogens with zero attached hydrogens (tertiary/aromatic N) is 3. The Morgan fingerprint density at radius 2 is 2.03 bits per heavy atom. The van der Waals surface area contributed by atoms with Crippen LogP contribution in [0.4, 0.5) is 4.39 Å². The molecule has 6 rings (SSSR count). The molecule has 1 atom stereocenters. The van der Waals surface area contributed by atoms with Crippen LogP contribution < -0.4 is 5.32 Å². The number of phenolic OH excluding ortho intramolecular Hbond substituents is 1. The van der Waals surface area contributed by atoms with Gasteiger partial charge in [-0.05, 0) is 65.6 Å². The average molecular weight is 529 g/mol. The molecule has 38 heavy (non-hydrogen) atoms. The number of aliphatic hydroxyl groups excluding tert-OH is 1. The van der Waals surface area contributed by atoms with Crippen LogP contribution in [0.1, 0.15) is 50.0 Å². The number of hydrogen-bond donors (Lipinski definition) is 3. The Bertz CT molecular complexity index is 1550. The van der Waals surface area contributed by atoms with E-state index in [1.807, 2.05) is 12.1 Å². The fraction of sp³-hybridized carbons (Fsp3) is 0.207. The first-order valence-corrected chi connectivity index (χ1v) is 13.2. The van der Waals surface area contributed by atoms with E-state index >= 15 is 0 Å². The number of amides is 1. The molecule has 0 saturated carbocycles. The minimum atomic E-state index is -0.837. The van der Waals surface area contributed by atoms with Gasteiger partial charge in [0.1, 0.15) is 11.6 Å². The van der Waals surface area contributed by atoms with Gasteiger partial charge in [-0.1, -0.05) is 24.3 Å². The van der Waals surface area contributed by atoms with Gasteiger partial charge in [0, 0.05) is 35.8 Å². The van der Waals surface area contributed by atoms with Crippen molar-refractivity contribution in [3.8, 4) is 16.2 Å². The van der Waals surface area contributed by atoms with Crippen LogP contribution in [-0.2, 0) is 19.6 Å². The van der Waals surface area contributed by atoms with Gasteiger partial charge in [0.05, 0.1) is 28.8 Å². The number of aromatic hydroxyl groups is 1. The van der Waals surface area contributed by atoms with Crippen LogP contribution in [0.25, 0.3) is 10.4 Å². The summed E-state index contributed by atoms with van der Waals surface area (Å²) in [6.07, 6.45) is 4.30. The number of rotatable bonds is 5. The molecule has 2 aromatic carbocycles. The van der Waals surface area contributed by atoms with E-state index < -0.39 is 11.9 Å². The number of hydrogen-bond acceptors (Lipinski definition) is 7. The highest BCUT2D eigenvalue weighted by Crippen LogP contribution is 2.41. The van der Waals surface area contributed by atoms with Crippen molar-refractivity contribution in [2.45, 2.75) is 32.0 Å². The van der Waals surface area contributed by atoms with E-state index in [-0.39, 0.29) is 30.2 Å². The predicted molar refractivity (Wildman–Crippen MR) is 143 cm³/mol. The Morgan fingerprint density at radius 1 is 1.16 bits per heavy atom. The monoisotopic (exact) mass is 528 g/mol. The standard InChI is InChI=1S/C29H25FN4O3S/c30-22-5-2-6-25(36)28(22)24-12-23(19-11-17(16-35)13-32-14-19)33-34(24)29(37)27-8-7-26(38-27)20-4-1-3-18-9-10-31-15-21(18)20/h1-8,11,13-14,24,31,35-36H,9-10,12,15-16H2. The van der Waals surface area contributed by atoms with Crippen molar-refractivity contribution in [2.24, 2.45) is 5.10 Å². The molecule has 192 valence electrons. The second-order valence-corrected chi connectivity index (χ2v) is 10.4. The van der Waals surface area contributed by atoms with E-state index in [9.17, 15) is 19.4 Å². The summed E-state index contributed by atoms with van der Waals surface area (Å²) < 4.78 is 15.0. The quantitative estimate of drug-likeness (QED) is 0.346. The second kappa shape index (κ2) is 10.1. The molecule has 0 radical (unpaired) electrons. The first-order chi connectivity index (χ1) is 18.5. The molecular weight excluding hydrogens is 503 g/mol. The van der Waals surface area contributed by atoms with Gasteiger partial charge in [-0.15, -0.1) is 11.3 Å². The Hall–Kier alpha value is -3.92. The number of carbonyl (C=O) groups is 1. The minimum Gasteiger partial charge on any atom is -0.507 e. The Balaban J connectivity index is 1.39. The molecule has 4 aromatic rings. The number of aliphatic hydroxyl groups is 1. The third-order valence-electron chi connectivity index (χ3n) is 7.02. The number of carbonyl (C=O) groups excluding carboxylic acids is 1. The first kappa shape index (κ1) is 24.4. The van der Waals surface area contributed by atoms with E-state index in [1.54, 1.807) is 24.5 Å². The van der Waals surface area contributed by atoms with Crippen LogP contribution in [0.3, 0.4) is 0 Å². The molecule has 1 amide bonds. The molecular formula is C29H25FN4O3S. The Labute approximate surface area is 222 Å². The maximum absolute atomic E-state index is 15.0. The molecule has 0 fully saturated rings. The lowest BCUT2D eigenvalue weighted by Crippen LogP contribution is -2.27.